The standard InChI is InChI=1S/C19H20ClN3O/c20-16-7-5-14(6-8-16)18-11-21-22-19(18)15-3-1-9-23(12-15)13-17-4-2-10-24-17/h2,4-8,10-11,15H,1,3,9,12-13H2,(H,21,22). The first-order valence-corrected chi connectivity index (χ1v) is 8.71. The maximum absolute atomic E-state index is 6.01. The summed E-state index contributed by atoms with van der Waals surface area (Å²) in [5.74, 6) is 1.49. The lowest BCUT2D eigenvalue weighted by molar-refractivity contribution is 0.185. The van der Waals surface area contributed by atoms with Gasteiger partial charge < -0.3 is 4.42 Å². The van der Waals surface area contributed by atoms with Gasteiger partial charge in [-0.25, -0.2) is 0 Å². The summed E-state index contributed by atoms with van der Waals surface area (Å²) in [4.78, 5) is 2.46. The van der Waals surface area contributed by atoms with E-state index < -0.39 is 0 Å². The molecular formula is C19H20ClN3O. The highest BCUT2D eigenvalue weighted by Gasteiger charge is 2.25. The van der Waals surface area contributed by atoms with Crippen molar-refractivity contribution in [3.8, 4) is 11.1 Å². The quantitative estimate of drug-likeness (QED) is 0.748. The molecule has 1 saturated heterocycles. The molecule has 4 rings (SSSR count). The minimum absolute atomic E-state index is 0.460. The lowest BCUT2D eigenvalue weighted by atomic mass is 9.90. The van der Waals surface area contributed by atoms with Crippen LogP contribution in [0.2, 0.25) is 5.02 Å². The molecule has 0 bridgehead atoms. The second-order valence-electron chi connectivity index (χ2n) is 6.36. The minimum atomic E-state index is 0.460. The van der Waals surface area contributed by atoms with Gasteiger partial charge in [0.05, 0.1) is 19.0 Å². The molecule has 24 heavy (non-hydrogen) atoms. The van der Waals surface area contributed by atoms with Gasteiger partial charge >= 0.3 is 0 Å². The molecule has 124 valence electrons. The van der Waals surface area contributed by atoms with Gasteiger partial charge in [0.1, 0.15) is 5.76 Å². The molecule has 0 aliphatic carbocycles. The van der Waals surface area contributed by atoms with E-state index in [0.29, 0.717) is 5.92 Å². The zero-order valence-electron chi connectivity index (χ0n) is 13.4. The van der Waals surface area contributed by atoms with Gasteiger partial charge in [-0.15, -0.1) is 0 Å². The first-order valence-electron chi connectivity index (χ1n) is 8.33. The third-order valence-corrected chi connectivity index (χ3v) is 4.95. The molecule has 3 aromatic rings. The highest BCUT2D eigenvalue weighted by Crippen LogP contribution is 2.33. The van der Waals surface area contributed by atoms with Crippen LogP contribution in [0.5, 0.6) is 0 Å². The van der Waals surface area contributed by atoms with E-state index in [4.69, 9.17) is 16.0 Å². The Bertz CT molecular complexity index is 779. The molecule has 1 fully saturated rings. The van der Waals surface area contributed by atoms with Crippen molar-refractivity contribution in [2.75, 3.05) is 13.1 Å². The summed E-state index contributed by atoms with van der Waals surface area (Å²) in [6, 6.07) is 12.0. The van der Waals surface area contributed by atoms with Gasteiger partial charge in [0.15, 0.2) is 0 Å². The molecule has 3 heterocycles. The summed E-state index contributed by atoms with van der Waals surface area (Å²) in [6.45, 7) is 3.00. The van der Waals surface area contributed by atoms with Gasteiger partial charge in [0, 0.05) is 28.7 Å². The van der Waals surface area contributed by atoms with Crippen LogP contribution in [0.15, 0.2) is 53.3 Å². The summed E-state index contributed by atoms with van der Waals surface area (Å²) in [7, 11) is 0. The topological polar surface area (TPSA) is 45.1 Å². The molecule has 4 nitrogen and oxygen atoms in total. The van der Waals surface area contributed by atoms with Gasteiger partial charge in [-0.2, -0.15) is 5.10 Å². The van der Waals surface area contributed by atoms with E-state index in [1.165, 1.54) is 24.1 Å². The number of aromatic amines is 1. The number of halogens is 1. The van der Waals surface area contributed by atoms with Gasteiger partial charge in [-0.1, -0.05) is 23.7 Å². The molecule has 0 amide bonds. The van der Waals surface area contributed by atoms with E-state index in [1.807, 2.05) is 30.5 Å². The molecule has 0 saturated carbocycles. The number of nitrogens with one attached hydrogen (secondary N) is 1. The molecule has 1 N–H and O–H groups in total. The van der Waals surface area contributed by atoms with Gasteiger partial charge in [-0.3, -0.25) is 10.00 Å². The lowest BCUT2D eigenvalue weighted by Crippen LogP contribution is -2.34. The average molecular weight is 342 g/mol. The monoisotopic (exact) mass is 341 g/mol. The third-order valence-electron chi connectivity index (χ3n) is 4.70. The Morgan fingerprint density at radius 1 is 1.25 bits per heavy atom. The Morgan fingerprint density at radius 3 is 2.92 bits per heavy atom. The molecule has 0 spiro atoms. The van der Waals surface area contributed by atoms with Crippen molar-refractivity contribution in [2.45, 2.75) is 25.3 Å². The van der Waals surface area contributed by atoms with Crippen LogP contribution in [0.25, 0.3) is 11.1 Å². The number of H-pyrrole nitrogens is 1. The number of benzene rings is 1. The van der Waals surface area contributed by atoms with Crippen molar-refractivity contribution in [3.05, 3.63) is 65.3 Å². The summed E-state index contributed by atoms with van der Waals surface area (Å²) in [6.07, 6.45) is 6.02. The van der Waals surface area contributed by atoms with E-state index in [2.05, 4.69) is 27.2 Å². The average Bonchev–Trinajstić information content (AvgIpc) is 3.27. The van der Waals surface area contributed by atoms with Crippen molar-refractivity contribution in [2.24, 2.45) is 0 Å². The molecular weight excluding hydrogens is 322 g/mol. The lowest BCUT2D eigenvalue weighted by Gasteiger charge is -2.32. The second-order valence-corrected chi connectivity index (χ2v) is 6.79. The smallest absolute Gasteiger partial charge is 0.117 e. The zero-order chi connectivity index (χ0) is 16.4. The van der Waals surface area contributed by atoms with E-state index in [1.54, 1.807) is 6.26 Å². The fourth-order valence-corrected chi connectivity index (χ4v) is 3.65. The predicted octanol–water partition coefficient (Wildman–Crippen LogP) is 4.70. The number of piperidine rings is 1. The SMILES string of the molecule is Clc1ccc(-c2cn[nH]c2C2CCCN(Cc3ccco3)C2)cc1. The largest absolute Gasteiger partial charge is 0.468 e. The van der Waals surface area contributed by atoms with Crippen LogP contribution < -0.4 is 0 Å². The number of aromatic nitrogens is 2. The highest BCUT2D eigenvalue weighted by molar-refractivity contribution is 6.30. The van der Waals surface area contributed by atoms with Crippen molar-refractivity contribution >= 4 is 11.6 Å². The fraction of sp³-hybridized carbons (Fsp3) is 0.316. The normalized spacial score (nSPS) is 18.8. The van der Waals surface area contributed by atoms with E-state index >= 15 is 0 Å². The van der Waals surface area contributed by atoms with Gasteiger partial charge in [0.25, 0.3) is 0 Å². The number of rotatable bonds is 4. The van der Waals surface area contributed by atoms with E-state index in [9.17, 15) is 0 Å². The maximum Gasteiger partial charge on any atom is 0.117 e. The fourth-order valence-electron chi connectivity index (χ4n) is 3.52. The Hall–Kier alpha value is -2.04. The third kappa shape index (κ3) is 3.25. The number of nitrogens with zero attached hydrogens (tertiary/aromatic N) is 2. The molecule has 1 aliphatic heterocycles. The summed E-state index contributed by atoms with van der Waals surface area (Å²) in [5, 5.41) is 8.29. The summed E-state index contributed by atoms with van der Waals surface area (Å²) >= 11 is 6.01. The van der Waals surface area contributed by atoms with Crippen LogP contribution in [0.4, 0.5) is 0 Å². The second kappa shape index (κ2) is 6.83. The molecule has 1 atom stereocenters. The summed E-state index contributed by atoms with van der Waals surface area (Å²) < 4.78 is 5.49. The van der Waals surface area contributed by atoms with Crippen molar-refractivity contribution < 1.29 is 4.42 Å². The number of hydrogen-bond acceptors (Lipinski definition) is 3. The predicted molar refractivity (Wildman–Crippen MR) is 95.0 cm³/mol. The van der Waals surface area contributed by atoms with Crippen LogP contribution in [0.1, 0.15) is 30.2 Å². The Morgan fingerprint density at radius 2 is 2.12 bits per heavy atom. The first-order chi connectivity index (χ1) is 11.8. The maximum atomic E-state index is 6.01. The first kappa shape index (κ1) is 15.5. The minimum Gasteiger partial charge on any atom is -0.468 e. The molecule has 1 aliphatic rings. The van der Waals surface area contributed by atoms with Crippen LogP contribution in [0.3, 0.4) is 0 Å². The molecule has 1 aromatic carbocycles. The number of likely N-dealkylation sites (tertiary alicyclic amines) is 1. The molecule has 5 heteroatoms. The van der Waals surface area contributed by atoms with Crippen LogP contribution in [-0.4, -0.2) is 28.2 Å². The van der Waals surface area contributed by atoms with Crippen LogP contribution in [0, 0.1) is 0 Å². The Kier molecular flexibility index (Phi) is 4.41. The van der Waals surface area contributed by atoms with Gasteiger partial charge in [-0.05, 0) is 49.2 Å². The Labute approximate surface area is 146 Å². The summed E-state index contributed by atoms with van der Waals surface area (Å²) in [5.41, 5.74) is 3.56. The molecule has 0 radical (unpaired) electrons. The Balaban J connectivity index is 1.53. The van der Waals surface area contributed by atoms with E-state index in [0.717, 1.165) is 36.0 Å². The number of hydrogen-bond donors (Lipinski definition) is 1. The number of furan rings is 1. The molecule has 1 unspecified atom stereocenters. The van der Waals surface area contributed by atoms with E-state index in [-0.39, 0.29) is 0 Å². The van der Waals surface area contributed by atoms with Gasteiger partial charge in [0.2, 0.25) is 0 Å². The van der Waals surface area contributed by atoms with Crippen molar-refractivity contribution in [1.82, 2.24) is 15.1 Å². The van der Waals surface area contributed by atoms with Crippen molar-refractivity contribution in [1.29, 1.82) is 0 Å². The van der Waals surface area contributed by atoms with Crippen molar-refractivity contribution in [3.63, 3.8) is 0 Å². The van der Waals surface area contributed by atoms with Crippen LogP contribution >= 0.6 is 11.6 Å². The van der Waals surface area contributed by atoms with Crippen LogP contribution in [-0.2, 0) is 6.54 Å². The zero-order valence-corrected chi connectivity index (χ0v) is 14.2. The highest BCUT2D eigenvalue weighted by atomic mass is 35.5. The molecule has 2 aromatic heterocycles.